The topological polar surface area (TPSA) is 73.7 Å². The predicted octanol–water partition coefficient (Wildman–Crippen LogP) is 4.32. The molecule has 2 aromatic carbocycles. The fourth-order valence-electron chi connectivity index (χ4n) is 4.24. The Morgan fingerprint density at radius 2 is 1.97 bits per heavy atom. The SMILES string of the molecule is O=S(=O)(c1ccc2c(c1)nc(SCc1ccc(Cl)cc1F)n2C[C@H]1CCCO1)N1CCOCC1. The fourth-order valence-corrected chi connectivity index (χ4v) is 6.84. The highest BCUT2D eigenvalue weighted by Gasteiger charge is 2.28. The maximum absolute atomic E-state index is 14.3. The number of sulfonamides is 1. The van der Waals surface area contributed by atoms with Crippen LogP contribution in [-0.2, 0) is 31.8 Å². The van der Waals surface area contributed by atoms with Gasteiger partial charge < -0.3 is 14.0 Å². The van der Waals surface area contributed by atoms with Crippen molar-refractivity contribution in [1.29, 1.82) is 0 Å². The Labute approximate surface area is 207 Å². The van der Waals surface area contributed by atoms with Crippen molar-refractivity contribution in [1.82, 2.24) is 13.9 Å². The van der Waals surface area contributed by atoms with E-state index in [1.807, 2.05) is 0 Å². The number of imidazole rings is 1. The molecule has 0 amide bonds. The first-order valence-corrected chi connectivity index (χ1v) is 14.0. The lowest BCUT2D eigenvalue weighted by Gasteiger charge is -2.26. The molecule has 11 heteroatoms. The quantitative estimate of drug-likeness (QED) is 0.428. The highest BCUT2D eigenvalue weighted by atomic mass is 35.5. The van der Waals surface area contributed by atoms with Crippen molar-refractivity contribution in [2.45, 2.75) is 41.3 Å². The van der Waals surface area contributed by atoms with Gasteiger partial charge in [-0.15, -0.1) is 0 Å². The summed E-state index contributed by atoms with van der Waals surface area (Å²) in [5, 5.41) is 1.05. The summed E-state index contributed by atoms with van der Waals surface area (Å²) < 4.78 is 55.2. The van der Waals surface area contributed by atoms with E-state index in [9.17, 15) is 12.8 Å². The maximum Gasteiger partial charge on any atom is 0.243 e. The summed E-state index contributed by atoms with van der Waals surface area (Å²) in [6.07, 6.45) is 2.04. The Balaban J connectivity index is 1.47. The van der Waals surface area contributed by atoms with E-state index < -0.39 is 10.0 Å². The van der Waals surface area contributed by atoms with Gasteiger partial charge in [-0.3, -0.25) is 0 Å². The number of hydrogen-bond acceptors (Lipinski definition) is 6. The van der Waals surface area contributed by atoms with E-state index in [2.05, 4.69) is 4.57 Å². The Morgan fingerprint density at radius 3 is 2.71 bits per heavy atom. The van der Waals surface area contributed by atoms with Crippen LogP contribution in [-0.4, -0.2) is 61.3 Å². The van der Waals surface area contributed by atoms with Gasteiger partial charge in [0.05, 0.1) is 41.8 Å². The van der Waals surface area contributed by atoms with Crippen molar-refractivity contribution in [2.75, 3.05) is 32.9 Å². The number of morpholine rings is 1. The summed E-state index contributed by atoms with van der Waals surface area (Å²) in [6, 6.07) is 9.70. The number of aromatic nitrogens is 2. The lowest BCUT2D eigenvalue weighted by molar-refractivity contribution is 0.0730. The third kappa shape index (κ3) is 4.98. The third-order valence-electron chi connectivity index (χ3n) is 6.07. The van der Waals surface area contributed by atoms with Crippen molar-refractivity contribution >= 4 is 44.4 Å². The largest absolute Gasteiger partial charge is 0.379 e. The van der Waals surface area contributed by atoms with Crippen LogP contribution in [0.2, 0.25) is 5.02 Å². The summed E-state index contributed by atoms with van der Waals surface area (Å²) >= 11 is 7.29. The molecule has 0 N–H and O–H groups in total. The van der Waals surface area contributed by atoms with Crippen molar-refractivity contribution < 1.29 is 22.3 Å². The van der Waals surface area contributed by atoms with Gasteiger partial charge in [0.2, 0.25) is 10.0 Å². The van der Waals surface area contributed by atoms with Crippen LogP contribution in [0.25, 0.3) is 11.0 Å². The van der Waals surface area contributed by atoms with Gasteiger partial charge in [0.15, 0.2) is 5.16 Å². The zero-order valence-corrected chi connectivity index (χ0v) is 20.8. The average Bonchev–Trinajstić information content (AvgIpc) is 3.47. The minimum Gasteiger partial charge on any atom is -0.379 e. The van der Waals surface area contributed by atoms with Crippen LogP contribution in [0, 0.1) is 5.82 Å². The highest BCUT2D eigenvalue weighted by Crippen LogP contribution is 2.31. The minimum absolute atomic E-state index is 0.0702. The Bertz CT molecular complexity index is 1290. The molecule has 0 spiro atoms. The molecule has 182 valence electrons. The first kappa shape index (κ1) is 24.0. The van der Waals surface area contributed by atoms with E-state index in [1.165, 1.54) is 22.1 Å². The van der Waals surface area contributed by atoms with Gasteiger partial charge in [0.25, 0.3) is 0 Å². The molecule has 0 radical (unpaired) electrons. The molecule has 3 heterocycles. The average molecular weight is 526 g/mol. The second-order valence-corrected chi connectivity index (χ2v) is 11.6. The molecule has 34 heavy (non-hydrogen) atoms. The van der Waals surface area contributed by atoms with Crippen LogP contribution in [0.1, 0.15) is 18.4 Å². The van der Waals surface area contributed by atoms with Gasteiger partial charge in [-0.25, -0.2) is 17.8 Å². The van der Waals surface area contributed by atoms with Crippen molar-refractivity contribution in [3.05, 3.63) is 52.8 Å². The van der Waals surface area contributed by atoms with Crippen molar-refractivity contribution in [3.8, 4) is 0 Å². The zero-order valence-electron chi connectivity index (χ0n) is 18.5. The maximum atomic E-state index is 14.3. The van der Waals surface area contributed by atoms with E-state index in [0.717, 1.165) is 25.0 Å². The summed E-state index contributed by atoms with van der Waals surface area (Å²) in [7, 11) is -3.63. The van der Waals surface area contributed by atoms with Crippen LogP contribution in [0.15, 0.2) is 46.5 Å². The summed E-state index contributed by atoms with van der Waals surface area (Å²) in [6.45, 7) is 2.79. The lowest BCUT2D eigenvalue weighted by atomic mass is 10.2. The smallest absolute Gasteiger partial charge is 0.243 e. The second kappa shape index (κ2) is 10.1. The summed E-state index contributed by atoms with van der Waals surface area (Å²) in [5.74, 6) is 0.0113. The third-order valence-corrected chi connectivity index (χ3v) is 9.23. The lowest BCUT2D eigenvalue weighted by Crippen LogP contribution is -2.40. The molecule has 2 fully saturated rings. The Hall–Kier alpha value is -1.69. The van der Waals surface area contributed by atoms with Crippen molar-refractivity contribution in [3.63, 3.8) is 0 Å². The molecule has 2 aliphatic rings. The number of halogens is 2. The van der Waals surface area contributed by atoms with Crippen LogP contribution in [0.4, 0.5) is 4.39 Å². The van der Waals surface area contributed by atoms with Crippen LogP contribution in [0.5, 0.6) is 0 Å². The molecule has 1 aromatic heterocycles. The van der Waals surface area contributed by atoms with Crippen LogP contribution in [0.3, 0.4) is 0 Å². The monoisotopic (exact) mass is 525 g/mol. The molecule has 7 nitrogen and oxygen atoms in total. The van der Waals surface area contributed by atoms with E-state index in [-0.39, 0.29) is 16.8 Å². The number of nitrogens with zero attached hydrogens (tertiary/aromatic N) is 3. The number of fused-ring (bicyclic) bond motifs is 1. The van der Waals surface area contributed by atoms with E-state index in [1.54, 1.807) is 30.3 Å². The number of thioether (sulfide) groups is 1. The van der Waals surface area contributed by atoms with Gasteiger partial charge in [-0.1, -0.05) is 29.4 Å². The predicted molar refractivity (Wildman–Crippen MR) is 129 cm³/mol. The van der Waals surface area contributed by atoms with Crippen LogP contribution < -0.4 is 0 Å². The van der Waals surface area contributed by atoms with Gasteiger partial charge in [-0.05, 0) is 48.7 Å². The highest BCUT2D eigenvalue weighted by molar-refractivity contribution is 7.98. The fraction of sp³-hybridized carbons (Fsp3) is 0.435. The molecular formula is C23H25ClFN3O4S2. The molecule has 2 aliphatic heterocycles. The minimum atomic E-state index is -3.63. The Morgan fingerprint density at radius 1 is 1.15 bits per heavy atom. The Kier molecular flexibility index (Phi) is 7.15. The summed E-state index contributed by atoms with van der Waals surface area (Å²) in [4.78, 5) is 4.96. The molecule has 3 aromatic rings. The number of benzene rings is 2. The van der Waals surface area contributed by atoms with E-state index >= 15 is 0 Å². The number of rotatable bonds is 7. The first-order chi connectivity index (χ1) is 16.4. The van der Waals surface area contributed by atoms with Crippen LogP contribution >= 0.6 is 23.4 Å². The first-order valence-electron chi connectivity index (χ1n) is 11.2. The number of ether oxygens (including phenoxy) is 2. The standard InChI is InChI=1S/C23H25ClFN3O4S2/c24-17-4-3-16(20(25)12-17)15-33-23-26-21-13-19(34(29,30)27-7-10-31-11-8-27)5-6-22(21)28(23)14-18-2-1-9-32-18/h3-6,12-13,18H,1-2,7-11,14-15H2/t18-/m1/s1. The van der Waals surface area contributed by atoms with Gasteiger partial charge in [-0.2, -0.15) is 4.31 Å². The second-order valence-electron chi connectivity index (χ2n) is 8.33. The van der Waals surface area contributed by atoms with Gasteiger partial charge in [0, 0.05) is 30.5 Å². The summed E-state index contributed by atoms with van der Waals surface area (Å²) in [5.41, 5.74) is 1.95. The molecule has 2 saturated heterocycles. The van der Waals surface area contributed by atoms with Crippen molar-refractivity contribution in [2.24, 2.45) is 0 Å². The molecule has 5 rings (SSSR count). The normalized spacial score (nSPS) is 19.8. The molecular weight excluding hydrogens is 501 g/mol. The molecule has 0 saturated carbocycles. The molecule has 0 aliphatic carbocycles. The zero-order chi connectivity index (χ0) is 23.7. The van der Waals surface area contributed by atoms with Gasteiger partial charge >= 0.3 is 0 Å². The molecule has 1 atom stereocenters. The van der Waals surface area contributed by atoms with Gasteiger partial charge in [0.1, 0.15) is 5.82 Å². The molecule has 0 unspecified atom stereocenters. The number of hydrogen-bond donors (Lipinski definition) is 0. The molecule has 0 bridgehead atoms. The van der Waals surface area contributed by atoms with E-state index in [0.29, 0.717) is 59.9 Å². The van der Waals surface area contributed by atoms with E-state index in [4.69, 9.17) is 26.1 Å².